The second-order valence-corrected chi connectivity index (χ2v) is 7.94. The second kappa shape index (κ2) is 7.97. The van der Waals surface area contributed by atoms with E-state index in [1.54, 1.807) is 41.4 Å². The van der Waals surface area contributed by atoms with E-state index in [1.807, 2.05) is 7.05 Å². The van der Waals surface area contributed by atoms with Crippen molar-refractivity contribution in [2.75, 3.05) is 5.32 Å². The number of fused-ring (bicyclic) bond motifs is 1. The van der Waals surface area contributed by atoms with Crippen LogP contribution < -0.4 is 10.6 Å². The van der Waals surface area contributed by atoms with E-state index < -0.39 is 11.9 Å². The molecule has 2 N–H and O–H groups in total. The SMILES string of the molecule is Cn1ccnc1-c1cn(CC(=O)Nc2cccc3c2CN(C2CCC(=O)NC2=O)C3=O)nn1. The van der Waals surface area contributed by atoms with Gasteiger partial charge in [-0.3, -0.25) is 24.5 Å². The van der Waals surface area contributed by atoms with Crippen molar-refractivity contribution in [3.05, 3.63) is 47.9 Å². The van der Waals surface area contributed by atoms with Crippen LogP contribution in [0, 0.1) is 0 Å². The van der Waals surface area contributed by atoms with E-state index in [9.17, 15) is 19.2 Å². The summed E-state index contributed by atoms with van der Waals surface area (Å²) in [5, 5.41) is 13.1. The molecular formula is C21H20N8O4. The molecule has 168 valence electrons. The number of hydrogen-bond donors (Lipinski definition) is 2. The topological polar surface area (TPSA) is 144 Å². The Labute approximate surface area is 187 Å². The Bertz CT molecular complexity index is 1290. The number of hydrogen-bond acceptors (Lipinski definition) is 7. The Balaban J connectivity index is 1.30. The average molecular weight is 448 g/mol. The number of rotatable bonds is 5. The van der Waals surface area contributed by atoms with Crippen LogP contribution in [-0.4, -0.2) is 59.1 Å². The molecule has 0 aliphatic carbocycles. The average Bonchev–Trinajstić information content (AvgIpc) is 3.48. The summed E-state index contributed by atoms with van der Waals surface area (Å²) in [6.07, 6.45) is 5.52. The van der Waals surface area contributed by atoms with Gasteiger partial charge in [0.25, 0.3) is 5.91 Å². The Hall–Kier alpha value is -4.35. The van der Waals surface area contributed by atoms with Gasteiger partial charge < -0.3 is 14.8 Å². The van der Waals surface area contributed by atoms with E-state index in [4.69, 9.17) is 0 Å². The molecule has 0 saturated carbocycles. The lowest BCUT2D eigenvalue weighted by molar-refractivity contribution is -0.137. The molecule has 1 saturated heterocycles. The molecule has 1 atom stereocenters. The Morgan fingerprint density at radius 1 is 1.27 bits per heavy atom. The monoisotopic (exact) mass is 448 g/mol. The van der Waals surface area contributed by atoms with Crippen LogP contribution in [0.5, 0.6) is 0 Å². The molecule has 4 amide bonds. The van der Waals surface area contributed by atoms with Gasteiger partial charge in [-0.15, -0.1) is 5.10 Å². The predicted octanol–water partition coefficient (Wildman–Crippen LogP) is 0.0783. The van der Waals surface area contributed by atoms with E-state index in [0.717, 1.165) is 0 Å². The first-order chi connectivity index (χ1) is 15.9. The highest BCUT2D eigenvalue weighted by Crippen LogP contribution is 2.32. The van der Waals surface area contributed by atoms with Crippen molar-refractivity contribution >= 4 is 29.3 Å². The third-order valence-electron chi connectivity index (χ3n) is 5.75. The van der Waals surface area contributed by atoms with Crippen molar-refractivity contribution in [2.45, 2.75) is 32.0 Å². The highest BCUT2D eigenvalue weighted by atomic mass is 16.2. The molecule has 2 aliphatic rings. The number of aromatic nitrogens is 5. The molecule has 2 aromatic heterocycles. The normalized spacial score (nSPS) is 17.8. The van der Waals surface area contributed by atoms with Crippen LogP contribution in [0.4, 0.5) is 5.69 Å². The minimum absolute atomic E-state index is 0.0775. The Morgan fingerprint density at radius 2 is 2.12 bits per heavy atom. The zero-order chi connectivity index (χ0) is 23.1. The summed E-state index contributed by atoms with van der Waals surface area (Å²) < 4.78 is 3.20. The predicted molar refractivity (Wildman–Crippen MR) is 113 cm³/mol. The van der Waals surface area contributed by atoms with Crippen LogP contribution in [0.1, 0.15) is 28.8 Å². The van der Waals surface area contributed by atoms with E-state index in [1.165, 1.54) is 9.58 Å². The Morgan fingerprint density at radius 3 is 2.88 bits per heavy atom. The third kappa shape index (κ3) is 3.75. The zero-order valence-corrected chi connectivity index (χ0v) is 17.7. The fourth-order valence-corrected chi connectivity index (χ4v) is 4.13. The number of amides is 4. The molecule has 1 fully saturated rings. The van der Waals surface area contributed by atoms with Gasteiger partial charge in [-0.1, -0.05) is 11.3 Å². The Kier molecular flexibility index (Phi) is 4.96. The molecule has 4 heterocycles. The summed E-state index contributed by atoms with van der Waals surface area (Å²) in [6.45, 7) is 0.0927. The number of nitrogens with zero attached hydrogens (tertiary/aromatic N) is 6. The van der Waals surface area contributed by atoms with Crippen LogP contribution in [0.2, 0.25) is 0 Å². The van der Waals surface area contributed by atoms with Gasteiger partial charge in [0.2, 0.25) is 17.7 Å². The number of carbonyl (C=O) groups is 4. The largest absolute Gasteiger partial charge is 0.333 e. The quantitative estimate of drug-likeness (QED) is 0.526. The van der Waals surface area contributed by atoms with Gasteiger partial charge in [0.1, 0.15) is 18.3 Å². The van der Waals surface area contributed by atoms with Gasteiger partial charge in [-0.05, 0) is 18.6 Å². The number of imide groups is 1. The van der Waals surface area contributed by atoms with Crippen LogP contribution in [0.3, 0.4) is 0 Å². The molecule has 0 radical (unpaired) electrons. The minimum Gasteiger partial charge on any atom is -0.333 e. The molecule has 0 bridgehead atoms. The first kappa shape index (κ1) is 20.5. The van der Waals surface area contributed by atoms with Gasteiger partial charge in [0, 0.05) is 49.2 Å². The van der Waals surface area contributed by atoms with Crippen LogP contribution in [-0.2, 0) is 34.5 Å². The second-order valence-electron chi connectivity index (χ2n) is 7.94. The van der Waals surface area contributed by atoms with E-state index >= 15 is 0 Å². The van der Waals surface area contributed by atoms with Crippen LogP contribution in [0.25, 0.3) is 11.5 Å². The molecular weight excluding hydrogens is 428 g/mol. The molecule has 33 heavy (non-hydrogen) atoms. The zero-order valence-electron chi connectivity index (χ0n) is 17.7. The van der Waals surface area contributed by atoms with E-state index in [2.05, 4.69) is 25.9 Å². The summed E-state index contributed by atoms with van der Waals surface area (Å²) in [4.78, 5) is 54.9. The number of carbonyl (C=O) groups excluding carboxylic acids is 4. The number of benzene rings is 1. The van der Waals surface area contributed by atoms with Gasteiger partial charge in [0.05, 0.1) is 6.20 Å². The van der Waals surface area contributed by atoms with Gasteiger partial charge >= 0.3 is 0 Å². The lowest BCUT2D eigenvalue weighted by Gasteiger charge is -2.29. The van der Waals surface area contributed by atoms with Gasteiger partial charge in [0.15, 0.2) is 5.82 Å². The van der Waals surface area contributed by atoms with Crippen molar-refractivity contribution in [2.24, 2.45) is 7.05 Å². The lowest BCUT2D eigenvalue weighted by atomic mass is 10.0. The summed E-state index contributed by atoms with van der Waals surface area (Å²) in [6, 6.07) is 4.33. The standard InChI is InChI=1S/C21H20N8O4/c1-27-8-7-22-19(27)15-10-28(26-25-15)11-18(31)23-14-4-2-3-12-13(14)9-29(21(12)33)16-5-6-17(30)24-20(16)32/h2-4,7-8,10,16H,5-6,9,11H2,1H3,(H,23,31)(H,24,30,32). The highest BCUT2D eigenvalue weighted by molar-refractivity contribution is 6.06. The smallest absolute Gasteiger partial charge is 0.255 e. The molecule has 1 unspecified atom stereocenters. The van der Waals surface area contributed by atoms with Crippen LogP contribution in [0.15, 0.2) is 36.8 Å². The third-order valence-corrected chi connectivity index (χ3v) is 5.75. The summed E-state index contributed by atoms with van der Waals surface area (Å²) in [7, 11) is 1.84. The van der Waals surface area contributed by atoms with Crippen molar-refractivity contribution in [1.29, 1.82) is 0 Å². The number of piperidine rings is 1. The maximum Gasteiger partial charge on any atom is 0.255 e. The first-order valence-corrected chi connectivity index (χ1v) is 10.3. The summed E-state index contributed by atoms with van der Waals surface area (Å²) in [5.74, 6) is -0.826. The summed E-state index contributed by atoms with van der Waals surface area (Å²) >= 11 is 0. The molecule has 1 aromatic carbocycles. The van der Waals surface area contributed by atoms with Crippen molar-refractivity contribution in [3.63, 3.8) is 0 Å². The molecule has 12 heteroatoms. The molecule has 3 aromatic rings. The number of anilines is 1. The van der Waals surface area contributed by atoms with Crippen molar-refractivity contribution in [1.82, 2.24) is 34.8 Å². The first-order valence-electron chi connectivity index (χ1n) is 10.3. The number of imidazole rings is 1. The highest BCUT2D eigenvalue weighted by Gasteiger charge is 2.39. The lowest BCUT2D eigenvalue weighted by Crippen LogP contribution is -2.52. The number of nitrogens with one attached hydrogen (secondary N) is 2. The molecule has 2 aliphatic heterocycles. The number of aryl methyl sites for hydroxylation is 1. The van der Waals surface area contributed by atoms with E-state index in [-0.39, 0.29) is 43.7 Å². The summed E-state index contributed by atoms with van der Waals surface area (Å²) in [5.41, 5.74) is 2.09. The maximum absolute atomic E-state index is 12.9. The van der Waals surface area contributed by atoms with Crippen LogP contribution >= 0.6 is 0 Å². The molecule has 12 nitrogen and oxygen atoms in total. The fraction of sp³-hybridized carbons (Fsp3) is 0.286. The fourth-order valence-electron chi connectivity index (χ4n) is 4.13. The van der Waals surface area contributed by atoms with Crippen molar-refractivity contribution in [3.8, 4) is 11.5 Å². The van der Waals surface area contributed by atoms with Crippen molar-refractivity contribution < 1.29 is 19.2 Å². The van der Waals surface area contributed by atoms with Gasteiger partial charge in [-0.25, -0.2) is 9.67 Å². The maximum atomic E-state index is 12.9. The van der Waals surface area contributed by atoms with Gasteiger partial charge in [-0.2, -0.15) is 0 Å². The minimum atomic E-state index is -0.717. The van der Waals surface area contributed by atoms with E-state index in [0.29, 0.717) is 28.3 Å². The molecule has 0 spiro atoms. The molecule has 5 rings (SSSR count).